The molecular weight excluding hydrogens is 458 g/mol. The standard InChI is InChI=1S/C20H28F2N6O4S/c1-20(4-7-32-8-5-20)27-18-16-12(9-14(24-18)17(21)22)10-23-19(26-16)25-13-3-6-28(11-15(13)29)33(2,30)31/h9-10,13,15,17,29H,3-8,11H2,1-2H3,(H,24,27)(H,23,25,26)/t13-,15-/m1/s1. The summed E-state index contributed by atoms with van der Waals surface area (Å²) in [7, 11) is -3.39. The molecule has 0 aliphatic carbocycles. The number of fused-ring (bicyclic) bond motifs is 1. The second kappa shape index (κ2) is 9.20. The number of aliphatic hydroxyl groups excluding tert-OH is 1. The van der Waals surface area contributed by atoms with E-state index < -0.39 is 28.6 Å². The Morgan fingerprint density at radius 2 is 2.03 bits per heavy atom. The van der Waals surface area contributed by atoms with Gasteiger partial charge in [0.1, 0.15) is 11.2 Å². The Morgan fingerprint density at radius 3 is 2.67 bits per heavy atom. The Kier molecular flexibility index (Phi) is 6.67. The first kappa shape index (κ1) is 23.9. The fourth-order valence-corrected chi connectivity index (χ4v) is 4.96. The molecule has 0 saturated carbocycles. The topological polar surface area (TPSA) is 130 Å². The van der Waals surface area contributed by atoms with Gasteiger partial charge in [0.15, 0.2) is 5.82 Å². The summed E-state index contributed by atoms with van der Waals surface area (Å²) in [5, 5.41) is 17.2. The van der Waals surface area contributed by atoms with E-state index >= 15 is 0 Å². The van der Waals surface area contributed by atoms with Crippen LogP contribution in [-0.4, -0.2) is 83.0 Å². The summed E-state index contributed by atoms with van der Waals surface area (Å²) < 4.78 is 57.0. The number of aromatic nitrogens is 3. The molecule has 2 fully saturated rings. The molecule has 0 bridgehead atoms. The maximum atomic E-state index is 13.5. The largest absolute Gasteiger partial charge is 0.390 e. The van der Waals surface area contributed by atoms with Gasteiger partial charge in [-0.05, 0) is 32.3 Å². The molecule has 4 heterocycles. The van der Waals surface area contributed by atoms with Crippen LogP contribution in [0.2, 0.25) is 0 Å². The third-order valence-electron chi connectivity index (χ3n) is 6.15. The number of β-amino-alcohol motifs (C(OH)–C–C–N with tert-alkyl or cyclic N) is 1. The highest BCUT2D eigenvalue weighted by molar-refractivity contribution is 7.88. The Bertz CT molecular complexity index is 1110. The van der Waals surface area contributed by atoms with Gasteiger partial charge in [0, 0.05) is 43.4 Å². The molecule has 0 unspecified atom stereocenters. The quantitative estimate of drug-likeness (QED) is 0.559. The van der Waals surface area contributed by atoms with Crippen molar-refractivity contribution in [3.8, 4) is 0 Å². The van der Waals surface area contributed by atoms with E-state index in [0.29, 0.717) is 43.4 Å². The van der Waals surface area contributed by atoms with Crippen LogP contribution in [0.5, 0.6) is 0 Å². The number of anilines is 2. The maximum Gasteiger partial charge on any atom is 0.280 e. The average Bonchev–Trinajstić information content (AvgIpc) is 2.74. The SMILES string of the molecule is CC1(Nc2nc(C(F)F)cc3cnc(N[C@@H]4CCN(S(C)(=O)=O)C[C@H]4O)nc23)CCOCC1. The average molecular weight is 487 g/mol. The van der Waals surface area contributed by atoms with Gasteiger partial charge in [0.05, 0.1) is 18.4 Å². The van der Waals surface area contributed by atoms with Crippen LogP contribution in [0, 0.1) is 0 Å². The fourth-order valence-electron chi connectivity index (χ4n) is 4.10. The minimum Gasteiger partial charge on any atom is -0.390 e. The molecule has 0 spiro atoms. The lowest BCUT2D eigenvalue weighted by atomic mass is 9.92. The zero-order valence-electron chi connectivity index (χ0n) is 18.5. The third kappa shape index (κ3) is 5.48. The predicted octanol–water partition coefficient (Wildman–Crippen LogP) is 1.75. The molecule has 2 saturated heterocycles. The molecule has 0 radical (unpaired) electrons. The van der Waals surface area contributed by atoms with Gasteiger partial charge in [-0.15, -0.1) is 0 Å². The van der Waals surface area contributed by atoms with E-state index in [1.54, 1.807) is 0 Å². The number of aliphatic hydroxyl groups is 1. The van der Waals surface area contributed by atoms with Crippen molar-refractivity contribution in [1.82, 2.24) is 19.3 Å². The molecule has 2 aromatic heterocycles. The number of pyridine rings is 1. The van der Waals surface area contributed by atoms with Crippen LogP contribution in [0.1, 0.15) is 38.3 Å². The van der Waals surface area contributed by atoms with Crippen LogP contribution in [0.3, 0.4) is 0 Å². The number of halogens is 2. The lowest BCUT2D eigenvalue weighted by Crippen LogP contribution is -2.51. The van der Waals surface area contributed by atoms with Crippen molar-refractivity contribution >= 4 is 32.7 Å². The molecule has 0 aromatic carbocycles. The summed E-state index contributed by atoms with van der Waals surface area (Å²) in [6, 6.07) is 0.805. The molecule has 3 N–H and O–H groups in total. The Morgan fingerprint density at radius 1 is 1.30 bits per heavy atom. The zero-order valence-corrected chi connectivity index (χ0v) is 19.3. The molecule has 0 amide bonds. The molecule has 182 valence electrons. The van der Waals surface area contributed by atoms with E-state index in [1.807, 2.05) is 6.92 Å². The Hall–Kier alpha value is -2.22. The van der Waals surface area contributed by atoms with Gasteiger partial charge >= 0.3 is 0 Å². The highest BCUT2D eigenvalue weighted by atomic mass is 32.2. The van der Waals surface area contributed by atoms with Crippen molar-refractivity contribution < 1.29 is 27.0 Å². The number of hydrogen-bond donors (Lipinski definition) is 3. The highest BCUT2D eigenvalue weighted by Crippen LogP contribution is 2.31. The van der Waals surface area contributed by atoms with E-state index in [-0.39, 0.29) is 36.1 Å². The highest BCUT2D eigenvalue weighted by Gasteiger charge is 2.33. The van der Waals surface area contributed by atoms with Crippen molar-refractivity contribution in [3.05, 3.63) is 18.0 Å². The second-order valence-corrected chi connectivity index (χ2v) is 10.8. The van der Waals surface area contributed by atoms with Gasteiger partial charge < -0.3 is 20.5 Å². The summed E-state index contributed by atoms with van der Waals surface area (Å²) >= 11 is 0. The third-order valence-corrected chi connectivity index (χ3v) is 7.42. The normalized spacial score (nSPS) is 24.2. The smallest absolute Gasteiger partial charge is 0.280 e. The number of alkyl halides is 2. The summed E-state index contributed by atoms with van der Waals surface area (Å²) in [5.74, 6) is 0.441. The van der Waals surface area contributed by atoms with Crippen molar-refractivity contribution in [2.45, 2.75) is 50.3 Å². The molecule has 2 aliphatic heterocycles. The van der Waals surface area contributed by atoms with Gasteiger partial charge in [0.25, 0.3) is 6.43 Å². The summed E-state index contributed by atoms with van der Waals surface area (Å²) in [4.78, 5) is 12.9. The van der Waals surface area contributed by atoms with E-state index in [2.05, 4.69) is 25.6 Å². The second-order valence-electron chi connectivity index (χ2n) is 8.85. The number of ether oxygens (including phenoxy) is 1. The fraction of sp³-hybridized carbons (Fsp3) is 0.650. The predicted molar refractivity (Wildman–Crippen MR) is 119 cm³/mol. The van der Waals surface area contributed by atoms with Gasteiger partial charge in [-0.25, -0.2) is 32.2 Å². The number of piperidine rings is 1. The number of rotatable bonds is 6. The van der Waals surface area contributed by atoms with Crippen LogP contribution in [0.25, 0.3) is 10.9 Å². The number of hydrogen-bond acceptors (Lipinski definition) is 9. The summed E-state index contributed by atoms with van der Waals surface area (Å²) in [6.07, 6.45) is 0.590. The van der Waals surface area contributed by atoms with E-state index in [4.69, 9.17) is 4.74 Å². The van der Waals surface area contributed by atoms with Crippen molar-refractivity contribution in [3.63, 3.8) is 0 Å². The first-order valence-electron chi connectivity index (χ1n) is 10.8. The van der Waals surface area contributed by atoms with Crippen LogP contribution in [0.4, 0.5) is 20.5 Å². The van der Waals surface area contributed by atoms with Crippen LogP contribution in [-0.2, 0) is 14.8 Å². The Balaban J connectivity index is 1.61. The van der Waals surface area contributed by atoms with Gasteiger partial charge in [0.2, 0.25) is 16.0 Å². The first-order chi connectivity index (χ1) is 15.5. The van der Waals surface area contributed by atoms with Crippen LogP contribution >= 0.6 is 0 Å². The van der Waals surface area contributed by atoms with Crippen molar-refractivity contribution in [2.24, 2.45) is 0 Å². The number of nitrogens with zero attached hydrogens (tertiary/aromatic N) is 4. The maximum absolute atomic E-state index is 13.5. The summed E-state index contributed by atoms with van der Waals surface area (Å²) in [5.41, 5.74) is -0.368. The van der Waals surface area contributed by atoms with Crippen molar-refractivity contribution in [2.75, 3.05) is 43.2 Å². The molecule has 2 atom stereocenters. The van der Waals surface area contributed by atoms with Gasteiger partial charge in [-0.1, -0.05) is 0 Å². The zero-order chi connectivity index (χ0) is 23.8. The number of nitrogens with one attached hydrogen (secondary N) is 2. The van der Waals surface area contributed by atoms with Crippen LogP contribution < -0.4 is 10.6 Å². The van der Waals surface area contributed by atoms with Crippen LogP contribution in [0.15, 0.2) is 12.3 Å². The lowest BCUT2D eigenvalue weighted by molar-refractivity contribution is 0.0657. The summed E-state index contributed by atoms with van der Waals surface area (Å²) in [6.45, 7) is 3.33. The molecule has 13 heteroatoms. The minimum atomic E-state index is -3.39. The van der Waals surface area contributed by atoms with E-state index in [1.165, 1.54) is 16.6 Å². The molecule has 4 rings (SSSR count). The molecule has 10 nitrogen and oxygen atoms in total. The molecule has 2 aromatic rings. The number of sulfonamides is 1. The monoisotopic (exact) mass is 486 g/mol. The van der Waals surface area contributed by atoms with E-state index in [9.17, 15) is 22.3 Å². The molecule has 33 heavy (non-hydrogen) atoms. The first-order valence-corrected chi connectivity index (χ1v) is 12.6. The Labute approximate surface area is 190 Å². The van der Waals surface area contributed by atoms with Gasteiger partial charge in [-0.2, -0.15) is 4.31 Å². The lowest BCUT2D eigenvalue weighted by Gasteiger charge is -2.35. The minimum absolute atomic E-state index is 0.0311. The molecular formula is C20H28F2N6O4S. The van der Waals surface area contributed by atoms with Crippen molar-refractivity contribution in [1.29, 1.82) is 0 Å². The van der Waals surface area contributed by atoms with Gasteiger partial charge in [-0.3, -0.25) is 0 Å². The molecule has 2 aliphatic rings. The van der Waals surface area contributed by atoms with E-state index in [0.717, 1.165) is 6.26 Å².